The van der Waals surface area contributed by atoms with Gasteiger partial charge in [-0.1, -0.05) is 11.4 Å². The Hall–Kier alpha value is -0.00623. The van der Waals surface area contributed by atoms with Crippen molar-refractivity contribution in [2.45, 2.75) is 26.2 Å². The second kappa shape index (κ2) is 4.88. The first kappa shape index (κ1) is 15.0. The summed E-state index contributed by atoms with van der Waals surface area (Å²) in [5, 5.41) is 0. The van der Waals surface area contributed by atoms with Crippen molar-refractivity contribution in [3.63, 3.8) is 0 Å². The SMILES string of the molecule is C=C[Si](C)(C)OP(=O)(F)O[Si](C)(C)C=C. The molecule has 7 heteroatoms. The van der Waals surface area contributed by atoms with Crippen LogP contribution < -0.4 is 0 Å². The lowest BCUT2D eigenvalue weighted by Crippen LogP contribution is -2.30. The molecule has 0 N–H and O–H groups in total. The Morgan fingerprint density at radius 3 is 1.53 bits per heavy atom. The summed E-state index contributed by atoms with van der Waals surface area (Å²) in [6.07, 6.45) is 0. The van der Waals surface area contributed by atoms with Gasteiger partial charge >= 0.3 is 7.91 Å². The maximum Gasteiger partial charge on any atom is 0.493 e. The molecule has 0 fully saturated rings. The highest BCUT2D eigenvalue weighted by atomic mass is 31.2. The molecular formula is C8H18FO3PSi2. The first-order valence-corrected chi connectivity index (χ1v) is 11.9. The van der Waals surface area contributed by atoms with Gasteiger partial charge in [0.25, 0.3) is 0 Å². The number of rotatable bonds is 6. The number of hydrogen-bond acceptors (Lipinski definition) is 3. The van der Waals surface area contributed by atoms with Crippen molar-refractivity contribution in [3.05, 3.63) is 24.6 Å². The minimum Gasteiger partial charge on any atom is -0.323 e. The van der Waals surface area contributed by atoms with E-state index in [0.717, 1.165) is 0 Å². The summed E-state index contributed by atoms with van der Waals surface area (Å²) >= 11 is 0. The second-order valence-electron chi connectivity index (χ2n) is 4.23. The molecule has 0 aromatic carbocycles. The standard InChI is InChI=1S/C8H18FO3PSi2/c1-7-14(3,4)11-13(9,10)12-15(5,6)8-2/h7-8H,1-2H2,3-6H3. The maximum atomic E-state index is 13.5. The van der Waals surface area contributed by atoms with Crippen LogP contribution in [-0.2, 0) is 13.0 Å². The summed E-state index contributed by atoms with van der Waals surface area (Å²) in [6, 6.07) is 0. The highest BCUT2D eigenvalue weighted by Crippen LogP contribution is 2.54. The van der Waals surface area contributed by atoms with E-state index in [0.29, 0.717) is 0 Å². The maximum absolute atomic E-state index is 13.5. The molecule has 0 saturated heterocycles. The highest BCUT2D eigenvalue weighted by Gasteiger charge is 2.38. The van der Waals surface area contributed by atoms with Gasteiger partial charge in [0.2, 0.25) is 16.6 Å². The Bertz CT molecular complexity index is 278. The van der Waals surface area contributed by atoms with E-state index in [9.17, 15) is 8.76 Å². The molecule has 0 bridgehead atoms. The van der Waals surface area contributed by atoms with Gasteiger partial charge in [0, 0.05) is 0 Å². The third kappa shape index (κ3) is 6.22. The molecule has 0 aliphatic carbocycles. The summed E-state index contributed by atoms with van der Waals surface area (Å²) in [6.45, 7) is 13.8. The third-order valence-electron chi connectivity index (χ3n) is 1.67. The predicted octanol–water partition coefficient (Wildman–Crippen LogP) is 3.96. The number of halogens is 1. The van der Waals surface area contributed by atoms with E-state index in [-0.39, 0.29) is 0 Å². The topological polar surface area (TPSA) is 35.5 Å². The Kier molecular flexibility index (Phi) is 4.88. The van der Waals surface area contributed by atoms with Gasteiger partial charge in [-0.3, -0.25) is 0 Å². The highest BCUT2D eigenvalue weighted by molar-refractivity contribution is 7.51. The molecule has 0 atom stereocenters. The zero-order valence-corrected chi connectivity index (χ0v) is 12.5. The molecule has 3 nitrogen and oxygen atoms in total. The molecule has 0 spiro atoms. The average molecular weight is 268 g/mol. The molecule has 15 heavy (non-hydrogen) atoms. The van der Waals surface area contributed by atoms with Gasteiger partial charge in [-0.25, -0.2) is 4.57 Å². The lowest BCUT2D eigenvalue weighted by atomic mass is 11.3. The molecule has 0 radical (unpaired) electrons. The average Bonchev–Trinajstić information content (AvgIpc) is 2.00. The lowest BCUT2D eigenvalue weighted by Gasteiger charge is -2.25. The fourth-order valence-corrected chi connectivity index (χ4v) is 6.23. The largest absolute Gasteiger partial charge is 0.493 e. The van der Waals surface area contributed by atoms with Crippen LogP contribution >= 0.6 is 7.91 Å². The second-order valence-corrected chi connectivity index (χ2v) is 13.8. The Balaban J connectivity index is 4.65. The van der Waals surface area contributed by atoms with Crippen LogP contribution in [0.15, 0.2) is 24.6 Å². The smallest absolute Gasteiger partial charge is 0.323 e. The van der Waals surface area contributed by atoms with E-state index in [1.807, 2.05) is 0 Å². The van der Waals surface area contributed by atoms with E-state index >= 15 is 0 Å². The van der Waals surface area contributed by atoms with Crippen LogP contribution in [0.1, 0.15) is 0 Å². The molecule has 0 rings (SSSR count). The first-order chi connectivity index (χ1) is 6.54. The van der Waals surface area contributed by atoms with Gasteiger partial charge < -0.3 is 8.43 Å². The zero-order valence-electron chi connectivity index (χ0n) is 9.62. The monoisotopic (exact) mass is 268 g/mol. The van der Waals surface area contributed by atoms with Gasteiger partial charge in [0.15, 0.2) is 0 Å². The van der Waals surface area contributed by atoms with Gasteiger partial charge in [0.1, 0.15) is 0 Å². The molecule has 0 aliphatic heterocycles. The van der Waals surface area contributed by atoms with E-state index in [1.165, 1.54) is 11.4 Å². The van der Waals surface area contributed by atoms with Crippen LogP contribution in [0.3, 0.4) is 0 Å². The summed E-state index contributed by atoms with van der Waals surface area (Å²) in [7, 11) is -9.36. The van der Waals surface area contributed by atoms with Crippen LogP contribution in [0.5, 0.6) is 0 Å². The molecule has 0 aromatic rings. The van der Waals surface area contributed by atoms with Crippen LogP contribution in [0.4, 0.5) is 4.20 Å². The minimum absolute atomic E-state index is 1.51. The molecule has 0 saturated carbocycles. The van der Waals surface area contributed by atoms with E-state index in [1.54, 1.807) is 26.2 Å². The molecule has 0 aromatic heterocycles. The van der Waals surface area contributed by atoms with Crippen LogP contribution in [0.2, 0.25) is 26.2 Å². The molecule has 88 valence electrons. The quantitative estimate of drug-likeness (QED) is 0.540. The van der Waals surface area contributed by atoms with Crippen molar-refractivity contribution in [2.24, 2.45) is 0 Å². The van der Waals surface area contributed by atoms with Crippen molar-refractivity contribution in [1.82, 2.24) is 0 Å². The van der Waals surface area contributed by atoms with Crippen molar-refractivity contribution < 1.29 is 17.2 Å². The van der Waals surface area contributed by atoms with Crippen molar-refractivity contribution >= 4 is 24.5 Å². The molecule has 0 aliphatic rings. The van der Waals surface area contributed by atoms with Crippen LogP contribution in [-0.4, -0.2) is 16.6 Å². The fourth-order valence-electron chi connectivity index (χ4n) is 0.655. The molecule has 0 amide bonds. The molecule has 0 heterocycles. The van der Waals surface area contributed by atoms with E-state index in [2.05, 4.69) is 13.2 Å². The van der Waals surface area contributed by atoms with Gasteiger partial charge in [0.05, 0.1) is 0 Å². The van der Waals surface area contributed by atoms with Gasteiger partial charge in [-0.05, 0) is 26.2 Å². The van der Waals surface area contributed by atoms with Crippen LogP contribution in [0, 0.1) is 0 Å². The minimum atomic E-state index is -4.49. The van der Waals surface area contributed by atoms with Gasteiger partial charge in [-0.15, -0.1) is 17.4 Å². The molecular weight excluding hydrogens is 250 g/mol. The summed E-state index contributed by atoms with van der Waals surface area (Å²) < 4.78 is 34.7. The summed E-state index contributed by atoms with van der Waals surface area (Å²) in [5.41, 5.74) is 3.01. The van der Waals surface area contributed by atoms with Crippen LogP contribution in [0.25, 0.3) is 0 Å². The lowest BCUT2D eigenvalue weighted by molar-refractivity contribution is 0.336. The summed E-state index contributed by atoms with van der Waals surface area (Å²) in [5.74, 6) is 0. The zero-order chi connectivity index (χ0) is 12.3. The summed E-state index contributed by atoms with van der Waals surface area (Å²) in [4.78, 5) is 0. The number of hydrogen-bond donors (Lipinski definition) is 0. The fraction of sp³-hybridized carbons (Fsp3) is 0.500. The van der Waals surface area contributed by atoms with Crippen molar-refractivity contribution in [3.8, 4) is 0 Å². The van der Waals surface area contributed by atoms with Crippen molar-refractivity contribution in [2.75, 3.05) is 0 Å². The Labute approximate surface area is 92.9 Å². The third-order valence-corrected chi connectivity index (χ3v) is 9.15. The Morgan fingerprint density at radius 1 is 1.07 bits per heavy atom. The predicted molar refractivity (Wildman–Crippen MR) is 66.2 cm³/mol. The first-order valence-electron chi connectivity index (χ1n) is 4.52. The molecule has 0 unspecified atom stereocenters. The van der Waals surface area contributed by atoms with Gasteiger partial charge in [-0.2, -0.15) is 0 Å². The van der Waals surface area contributed by atoms with Crippen molar-refractivity contribution in [1.29, 1.82) is 0 Å². The Morgan fingerprint density at radius 2 is 1.33 bits per heavy atom. The normalized spacial score (nSPS) is 13.7. The van der Waals surface area contributed by atoms with E-state index < -0.39 is 24.5 Å². The van der Waals surface area contributed by atoms with E-state index in [4.69, 9.17) is 8.43 Å².